The van der Waals surface area contributed by atoms with Crippen molar-refractivity contribution >= 4 is 5.82 Å². The fourth-order valence-corrected chi connectivity index (χ4v) is 1.92. The smallest absolute Gasteiger partial charge is 0.144 e. The Labute approximate surface area is 111 Å². The standard InChI is InChI=1S/C15H14FN3/c1-10-7-8-18-15(13(10)9-17)19-11(2)12-5-3-4-6-14(12)16/h3-8,11H,1-2H3,(H,18,19). The normalized spacial score (nSPS) is 11.7. The van der Waals surface area contributed by atoms with Crippen LogP contribution >= 0.6 is 0 Å². The molecule has 19 heavy (non-hydrogen) atoms. The van der Waals surface area contributed by atoms with Crippen LogP contribution in [-0.4, -0.2) is 4.98 Å². The molecule has 0 aliphatic heterocycles. The molecular weight excluding hydrogens is 241 g/mol. The third kappa shape index (κ3) is 2.71. The maximum Gasteiger partial charge on any atom is 0.144 e. The molecule has 0 amide bonds. The van der Waals surface area contributed by atoms with Gasteiger partial charge in [-0.3, -0.25) is 0 Å². The minimum Gasteiger partial charge on any atom is -0.362 e. The van der Waals surface area contributed by atoms with Crippen LogP contribution in [0, 0.1) is 24.1 Å². The average Bonchev–Trinajstić information content (AvgIpc) is 2.39. The van der Waals surface area contributed by atoms with E-state index in [9.17, 15) is 4.39 Å². The van der Waals surface area contributed by atoms with Gasteiger partial charge in [-0.15, -0.1) is 0 Å². The van der Waals surface area contributed by atoms with Gasteiger partial charge in [0.1, 0.15) is 17.7 Å². The number of hydrogen-bond acceptors (Lipinski definition) is 3. The Kier molecular flexibility index (Phi) is 3.76. The molecule has 1 heterocycles. The van der Waals surface area contributed by atoms with Gasteiger partial charge in [-0.2, -0.15) is 5.26 Å². The lowest BCUT2D eigenvalue weighted by Gasteiger charge is -2.16. The second-order valence-corrected chi connectivity index (χ2v) is 4.35. The Bertz CT molecular complexity index is 632. The molecule has 0 radical (unpaired) electrons. The Hall–Kier alpha value is -2.41. The first-order valence-electron chi connectivity index (χ1n) is 6.00. The van der Waals surface area contributed by atoms with Gasteiger partial charge in [0.15, 0.2) is 0 Å². The summed E-state index contributed by atoms with van der Waals surface area (Å²) in [5.74, 6) is 0.215. The van der Waals surface area contributed by atoms with Crippen molar-refractivity contribution in [3.8, 4) is 6.07 Å². The van der Waals surface area contributed by atoms with E-state index in [4.69, 9.17) is 5.26 Å². The van der Waals surface area contributed by atoms with Gasteiger partial charge < -0.3 is 5.32 Å². The van der Waals surface area contributed by atoms with Crippen LogP contribution in [0.3, 0.4) is 0 Å². The lowest BCUT2D eigenvalue weighted by atomic mass is 10.1. The van der Waals surface area contributed by atoms with Crippen molar-refractivity contribution in [2.45, 2.75) is 19.9 Å². The van der Waals surface area contributed by atoms with E-state index in [2.05, 4.69) is 16.4 Å². The second-order valence-electron chi connectivity index (χ2n) is 4.35. The zero-order chi connectivity index (χ0) is 13.8. The highest BCUT2D eigenvalue weighted by Crippen LogP contribution is 2.23. The highest BCUT2D eigenvalue weighted by atomic mass is 19.1. The summed E-state index contributed by atoms with van der Waals surface area (Å²) in [6.07, 6.45) is 1.63. The van der Waals surface area contributed by atoms with E-state index in [1.54, 1.807) is 30.5 Å². The molecule has 4 heteroatoms. The van der Waals surface area contributed by atoms with E-state index in [0.29, 0.717) is 16.9 Å². The quantitative estimate of drug-likeness (QED) is 0.912. The van der Waals surface area contributed by atoms with E-state index in [1.165, 1.54) is 6.07 Å². The molecule has 0 aliphatic rings. The summed E-state index contributed by atoms with van der Waals surface area (Å²) in [4.78, 5) is 4.15. The SMILES string of the molecule is Cc1ccnc(NC(C)c2ccccc2F)c1C#N. The van der Waals surface area contributed by atoms with Crippen LogP contribution in [-0.2, 0) is 0 Å². The molecule has 96 valence electrons. The second kappa shape index (κ2) is 5.49. The monoisotopic (exact) mass is 255 g/mol. The maximum absolute atomic E-state index is 13.7. The number of aryl methyl sites for hydroxylation is 1. The molecule has 0 aliphatic carbocycles. The molecule has 1 aromatic carbocycles. The molecule has 3 nitrogen and oxygen atoms in total. The first-order valence-corrected chi connectivity index (χ1v) is 6.00. The number of benzene rings is 1. The highest BCUT2D eigenvalue weighted by Gasteiger charge is 2.13. The lowest BCUT2D eigenvalue weighted by Crippen LogP contribution is -2.11. The van der Waals surface area contributed by atoms with Crippen LogP contribution in [0.4, 0.5) is 10.2 Å². The predicted octanol–water partition coefficient (Wildman–Crippen LogP) is 3.57. The molecule has 0 spiro atoms. The van der Waals surface area contributed by atoms with Gasteiger partial charge >= 0.3 is 0 Å². The van der Waals surface area contributed by atoms with Crippen molar-refractivity contribution in [3.63, 3.8) is 0 Å². The molecule has 2 rings (SSSR count). The molecule has 1 unspecified atom stereocenters. The summed E-state index contributed by atoms with van der Waals surface area (Å²) in [6, 6.07) is 10.2. The Morgan fingerprint density at radius 1 is 1.32 bits per heavy atom. The predicted molar refractivity (Wildman–Crippen MR) is 72.1 cm³/mol. The first kappa shape index (κ1) is 13.0. The number of pyridine rings is 1. The van der Waals surface area contributed by atoms with Crippen LogP contribution in [0.15, 0.2) is 36.5 Å². The van der Waals surface area contributed by atoms with Crippen LogP contribution < -0.4 is 5.32 Å². The Morgan fingerprint density at radius 3 is 2.74 bits per heavy atom. The van der Waals surface area contributed by atoms with Crippen LogP contribution in [0.2, 0.25) is 0 Å². The summed E-state index contributed by atoms with van der Waals surface area (Å²) < 4.78 is 13.7. The molecule has 1 N–H and O–H groups in total. The van der Waals surface area contributed by atoms with Crippen molar-refractivity contribution in [2.75, 3.05) is 5.32 Å². The van der Waals surface area contributed by atoms with E-state index in [1.807, 2.05) is 13.8 Å². The van der Waals surface area contributed by atoms with E-state index >= 15 is 0 Å². The molecule has 0 bridgehead atoms. The van der Waals surface area contributed by atoms with Gasteiger partial charge in [0.05, 0.1) is 11.6 Å². The van der Waals surface area contributed by atoms with Gasteiger partial charge in [-0.05, 0) is 31.5 Å². The number of nitrogens with one attached hydrogen (secondary N) is 1. The lowest BCUT2D eigenvalue weighted by molar-refractivity contribution is 0.600. The van der Waals surface area contributed by atoms with Gasteiger partial charge in [-0.25, -0.2) is 9.37 Å². The molecule has 0 saturated carbocycles. The summed E-state index contributed by atoms with van der Waals surface area (Å²) >= 11 is 0. The van der Waals surface area contributed by atoms with Gasteiger partial charge in [0.25, 0.3) is 0 Å². The van der Waals surface area contributed by atoms with Crippen molar-refractivity contribution in [1.29, 1.82) is 5.26 Å². The minimum absolute atomic E-state index is 0.261. The van der Waals surface area contributed by atoms with Crippen molar-refractivity contribution in [2.24, 2.45) is 0 Å². The summed E-state index contributed by atoms with van der Waals surface area (Å²) in [7, 11) is 0. The van der Waals surface area contributed by atoms with Crippen LogP contribution in [0.1, 0.15) is 29.7 Å². The number of anilines is 1. The van der Waals surface area contributed by atoms with Crippen molar-refractivity contribution in [1.82, 2.24) is 4.98 Å². The van der Waals surface area contributed by atoms with Crippen LogP contribution in [0.5, 0.6) is 0 Å². The summed E-state index contributed by atoms with van der Waals surface area (Å²) in [6.45, 7) is 3.68. The number of hydrogen-bond donors (Lipinski definition) is 1. The molecule has 0 fully saturated rings. The molecule has 2 aromatic rings. The Morgan fingerprint density at radius 2 is 2.05 bits per heavy atom. The van der Waals surface area contributed by atoms with Crippen LogP contribution in [0.25, 0.3) is 0 Å². The number of aromatic nitrogens is 1. The Balaban J connectivity index is 2.30. The van der Waals surface area contributed by atoms with E-state index in [-0.39, 0.29) is 11.9 Å². The largest absolute Gasteiger partial charge is 0.362 e. The molecular formula is C15H14FN3. The van der Waals surface area contributed by atoms with E-state index < -0.39 is 0 Å². The average molecular weight is 255 g/mol. The zero-order valence-corrected chi connectivity index (χ0v) is 10.8. The number of halogens is 1. The third-order valence-electron chi connectivity index (χ3n) is 3.00. The summed E-state index contributed by atoms with van der Waals surface area (Å²) in [5, 5.41) is 12.2. The van der Waals surface area contributed by atoms with E-state index in [0.717, 1.165) is 5.56 Å². The highest BCUT2D eigenvalue weighted by molar-refractivity contribution is 5.56. The van der Waals surface area contributed by atoms with Gasteiger partial charge in [-0.1, -0.05) is 18.2 Å². The topological polar surface area (TPSA) is 48.7 Å². The number of nitrogens with zero attached hydrogens (tertiary/aromatic N) is 2. The fourth-order valence-electron chi connectivity index (χ4n) is 1.92. The number of rotatable bonds is 3. The van der Waals surface area contributed by atoms with Crippen molar-refractivity contribution < 1.29 is 4.39 Å². The molecule has 0 saturated heterocycles. The fraction of sp³-hybridized carbons (Fsp3) is 0.200. The minimum atomic E-state index is -0.270. The van der Waals surface area contributed by atoms with Crippen molar-refractivity contribution in [3.05, 3.63) is 59.0 Å². The molecule has 1 aromatic heterocycles. The summed E-state index contributed by atoms with van der Waals surface area (Å²) in [5.41, 5.74) is 1.89. The maximum atomic E-state index is 13.7. The van der Waals surface area contributed by atoms with Gasteiger partial charge in [0, 0.05) is 11.8 Å². The first-order chi connectivity index (χ1) is 9.13. The third-order valence-corrected chi connectivity index (χ3v) is 3.00. The molecule has 1 atom stereocenters. The number of nitriles is 1. The van der Waals surface area contributed by atoms with Gasteiger partial charge in [0.2, 0.25) is 0 Å². The zero-order valence-electron chi connectivity index (χ0n) is 10.8.